The number of aliphatic hydroxyl groups excluding tert-OH is 7. The molecule has 0 radical (unpaired) electrons. The molecule has 11 heteroatoms. The number of aryl methyl sites for hydroxylation is 2. The normalized spacial score (nSPS) is 24.5. The van der Waals surface area contributed by atoms with Crippen LogP contribution in [0, 0.1) is 23.7 Å². The standard InChI is InChI=1S/C24H36O5.C23H34O5.CH4O.CH4/c1-29-24(28)12-8-3-2-7-11-20-21(23(27)17-22(20)26)16-15-19(25)14-13-18-9-5-4-6-10-18;24-18(13-12-17-8-4-3-5-9-17)14-15-20-19(21(25)16-22(20)26)10-6-1-2-7-11-23(27)28;1-2;/h2,4-7,9-10,19-23,25-27H,3,8,11-17H2,1H3;1,3-6,8-9,18-22,24-26H,2,7,10-16H2,(H,27,28);2H,1H3;1H4/b7-2-;6-1-;;/t19-,20+,21+,22-,23+;18-,19+,20+,21-,22+;;/m00../s1. The summed E-state index contributed by atoms with van der Waals surface area (Å²) in [6, 6.07) is 20.2. The van der Waals surface area contributed by atoms with E-state index < -0.39 is 42.6 Å². The molecule has 0 saturated heterocycles. The number of aliphatic hydroxyl groups is 7. The lowest BCUT2D eigenvalue weighted by Gasteiger charge is -2.23. The molecule has 340 valence electrons. The summed E-state index contributed by atoms with van der Waals surface area (Å²) >= 11 is 0. The van der Waals surface area contributed by atoms with Gasteiger partial charge < -0.3 is 45.6 Å². The highest BCUT2D eigenvalue weighted by atomic mass is 16.5. The highest BCUT2D eigenvalue weighted by molar-refractivity contribution is 5.69. The third-order valence-corrected chi connectivity index (χ3v) is 11.8. The van der Waals surface area contributed by atoms with Crippen molar-refractivity contribution in [3.8, 4) is 0 Å². The Kier molecular flexibility index (Phi) is 29.4. The van der Waals surface area contributed by atoms with Crippen molar-refractivity contribution < 1.29 is 55.2 Å². The van der Waals surface area contributed by atoms with Gasteiger partial charge in [-0.2, -0.15) is 0 Å². The molecule has 2 aliphatic carbocycles. The Bertz CT molecular complexity index is 1440. The molecule has 2 aliphatic rings. The Morgan fingerprint density at radius 1 is 0.617 bits per heavy atom. The Hall–Kier alpha value is -3.42. The van der Waals surface area contributed by atoms with Gasteiger partial charge in [0.05, 0.1) is 43.7 Å². The van der Waals surface area contributed by atoms with Crippen LogP contribution in [0.25, 0.3) is 0 Å². The summed E-state index contributed by atoms with van der Waals surface area (Å²) in [5.41, 5.74) is 2.43. The third kappa shape index (κ3) is 21.9. The van der Waals surface area contributed by atoms with Crippen LogP contribution >= 0.6 is 0 Å². The maximum absolute atomic E-state index is 11.1. The SMILES string of the molecule is C.CO.COC(=O)CCC/C=C\C[C@@H]1[C@@H](CC[C@@H](O)CCc2ccccc2)[C@H](O)C[C@@H]1O.O=C(O)CCC/C=C\C[C@@H]1[C@@H](CC[C@@H](O)CCc2ccccc2)[C@H](O)C[C@@H]1O. The molecule has 4 rings (SSSR count). The highest BCUT2D eigenvalue weighted by Crippen LogP contribution is 2.40. The lowest BCUT2D eigenvalue weighted by Crippen LogP contribution is -2.23. The van der Waals surface area contributed by atoms with E-state index in [4.69, 9.17) is 10.2 Å². The van der Waals surface area contributed by atoms with Gasteiger partial charge in [0.2, 0.25) is 0 Å². The van der Waals surface area contributed by atoms with E-state index in [0.29, 0.717) is 77.0 Å². The van der Waals surface area contributed by atoms with E-state index in [-0.39, 0.29) is 43.5 Å². The zero-order valence-corrected chi connectivity index (χ0v) is 35.4. The molecule has 10 atom stereocenters. The molecule has 0 spiro atoms. The summed E-state index contributed by atoms with van der Waals surface area (Å²) in [5.74, 6) is -0.969. The first-order valence-electron chi connectivity index (χ1n) is 21.7. The fraction of sp³-hybridized carbons (Fsp3) is 0.633. The molecule has 0 amide bonds. The van der Waals surface area contributed by atoms with Gasteiger partial charge in [-0.15, -0.1) is 0 Å². The number of hydrogen-bond donors (Lipinski definition) is 8. The van der Waals surface area contributed by atoms with Crippen LogP contribution in [0.15, 0.2) is 85.0 Å². The molecule has 0 heterocycles. The van der Waals surface area contributed by atoms with Gasteiger partial charge in [0.25, 0.3) is 0 Å². The molecule has 2 saturated carbocycles. The zero-order chi connectivity index (χ0) is 43.4. The molecule has 2 fully saturated rings. The van der Waals surface area contributed by atoms with Gasteiger partial charge in [-0.1, -0.05) is 92.4 Å². The first-order chi connectivity index (χ1) is 28.5. The molecule has 2 aromatic rings. The second kappa shape index (κ2) is 32.3. The summed E-state index contributed by atoms with van der Waals surface area (Å²) in [6.07, 6.45) is 16.6. The summed E-state index contributed by atoms with van der Waals surface area (Å²) in [5, 5.41) is 77.6. The Balaban J connectivity index is 0.000000567. The van der Waals surface area contributed by atoms with E-state index in [9.17, 15) is 40.2 Å². The molecule has 0 bridgehead atoms. The quantitative estimate of drug-likeness (QED) is 0.0308. The smallest absolute Gasteiger partial charge is 0.305 e. The van der Waals surface area contributed by atoms with Gasteiger partial charge in [0.1, 0.15) is 0 Å². The molecule has 60 heavy (non-hydrogen) atoms. The van der Waals surface area contributed by atoms with Crippen molar-refractivity contribution in [3.05, 3.63) is 96.1 Å². The van der Waals surface area contributed by atoms with Crippen LogP contribution in [0.4, 0.5) is 0 Å². The zero-order valence-electron chi connectivity index (χ0n) is 35.4. The average molecular weight is 843 g/mol. The minimum absolute atomic E-state index is 0. The van der Waals surface area contributed by atoms with Gasteiger partial charge in [-0.3, -0.25) is 9.59 Å². The molecule has 2 aromatic carbocycles. The lowest BCUT2D eigenvalue weighted by molar-refractivity contribution is -0.140. The molecular formula is C49H78O11. The number of hydrogen-bond acceptors (Lipinski definition) is 10. The number of carbonyl (C=O) groups excluding carboxylic acids is 1. The largest absolute Gasteiger partial charge is 0.481 e. The first-order valence-corrected chi connectivity index (χ1v) is 21.7. The Morgan fingerprint density at radius 2 is 1.00 bits per heavy atom. The van der Waals surface area contributed by atoms with Crippen LogP contribution in [0.2, 0.25) is 0 Å². The maximum Gasteiger partial charge on any atom is 0.305 e. The van der Waals surface area contributed by atoms with Crippen LogP contribution in [0.3, 0.4) is 0 Å². The van der Waals surface area contributed by atoms with Gasteiger partial charge in [0.15, 0.2) is 0 Å². The van der Waals surface area contributed by atoms with Gasteiger partial charge in [-0.25, -0.2) is 0 Å². The number of methoxy groups -OCH3 is 1. The molecular weight excluding hydrogens is 765 g/mol. The summed E-state index contributed by atoms with van der Waals surface area (Å²) < 4.78 is 4.62. The molecule has 8 N–H and O–H groups in total. The van der Waals surface area contributed by atoms with Crippen molar-refractivity contribution in [1.82, 2.24) is 0 Å². The number of carboxylic acids is 1. The van der Waals surface area contributed by atoms with Crippen molar-refractivity contribution in [3.63, 3.8) is 0 Å². The van der Waals surface area contributed by atoms with Crippen LogP contribution in [0.1, 0.15) is 121 Å². The fourth-order valence-electron chi connectivity index (χ4n) is 8.41. The van der Waals surface area contributed by atoms with E-state index >= 15 is 0 Å². The number of rotatable bonds is 24. The fourth-order valence-corrected chi connectivity index (χ4v) is 8.41. The predicted octanol–water partition coefficient (Wildman–Crippen LogP) is 6.97. The number of allylic oxidation sites excluding steroid dienone is 4. The van der Waals surface area contributed by atoms with E-state index in [1.807, 2.05) is 60.7 Å². The average Bonchev–Trinajstić information content (AvgIpc) is 3.67. The lowest BCUT2D eigenvalue weighted by atomic mass is 9.85. The van der Waals surface area contributed by atoms with Crippen molar-refractivity contribution in [2.24, 2.45) is 23.7 Å². The highest BCUT2D eigenvalue weighted by Gasteiger charge is 2.41. The predicted molar refractivity (Wildman–Crippen MR) is 237 cm³/mol. The van der Waals surface area contributed by atoms with Gasteiger partial charge in [0, 0.05) is 20.0 Å². The monoisotopic (exact) mass is 843 g/mol. The van der Waals surface area contributed by atoms with Gasteiger partial charge in [-0.05, 0) is 138 Å². The second-order valence-corrected chi connectivity index (χ2v) is 16.1. The minimum Gasteiger partial charge on any atom is -0.481 e. The number of carbonyl (C=O) groups is 2. The summed E-state index contributed by atoms with van der Waals surface area (Å²) in [4.78, 5) is 21.6. The number of ether oxygens (including phenoxy) is 1. The van der Waals surface area contributed by atoms with Crippen molar-refractivity contribution >= 4 is 11.9 Å². The molecule has 0 aliphatic heterocycles. The summed E-state index contributed by atoms with van der Waals surface area (Å²) in [6.45, 7) is 0. The van der Waals surface area contributed by atoms with Crippen LogP contribution < -0.4 is 0 Å². The molecule has 0 unspecified atom stereocenters. The number of carboxylic acid groups (broad SMARTS) is 1. The number of aliphatic carboxylic acids is 1. The van der Waals surface area contributed by atoms with Crippen LogP contribution in [-0.4, -0.2) is 104 Å². The maximum atomic E-state index is 11.1. The Labute approximate surface area is 359 Å². The minimum atomic E-state index is -0.784. The topological polar surface area (TPSA) is 205 Å². The Morgan fingerprint density at radius 3 is 1.38 bits per heavy atom. The van der Waals surface area contributed by atoms with Crippen LogP contribution in [0.5, 0.6) is 0 Å². The van der Waals surface area contributed by atoms with E-state index in [2.05, 4.69) is 29.0 Å². The molecule has 0 aromatic heterocycles. The number of benzene rings is 2. The third-order valence-electron chi connectivity index (χ3n) is 11.8. The first kappa shape index (κ1) is 54.6. The van der Waals surface area contributed by atoms with Gasteiger partial charge >= 0.3 is 11.9 Å². The van der Waals surface area contributed by atoms with Crippen molar-refractivity contribution in [2.75, 3.05) is 14.2 Å². The van der Waals surface area contributed by atoms with E-state index in [1.165, 1.54) is 18.2 Å². The van der Waals surface area contributed by atoms with Crippen LogP contribution in [-0.2, 0) is 27.2 Å². The summed E-state index contributed by atoms with van der Waals surface area (Å²) in [7, 11) is 2.39. The van der Waals surface area contributed by atoms with Crippen molar-refractivity contribution in [1.29, 1.82) is 0 Å². The van der Waals surface area contributed by atoms with Crippen molar-refractivity contribution in [2.45, 2.75) is 160 Å². The number of unbranched alkanes of at least 4 members (excludes halogenated alkanes) is 2. The molecule has 11 nitrogen and oxygen atoms in total. The number of esters is 1. The second-order valence-electron chi connectivity index (χ2n) is 16.1. The van der Waals surface area contributed by atoms with E-state index in [0.717, 1.165) is 39.2 Å². The van der Waals surface area contributed by atoms with E-state index in [1.54, 1.807) is 0 Å².